The molecule has 2 bridgehead atoms. The van der Waals surface area contributed by atoms with Gasteiger partial charge in [0.25, 0.3) is 0 Å². The van der Waals surface area contributed by atoms with E-state index in [0.717, 1.165) is 12.8 Å². The molecule has 33 heavy (non-hydrogen) atoms. The zero-order valence-corrected chi connectivity index (χ0v) is 22.1. The van der Waals surface area contributed by atoms with Crippen molar-refractivity contribution in [1.29, 1.82) is 0 Å². The molecule has 8 heteroatoms. The number of amides is 2. The topological polar surface area (TPSA) is 95.9 Å². The van der Waals surface area contributed by atoms with Crippen molar-refractivity contribution in [3.8, 4) is 0 Å². The highest BCUT2D eigenvalue weighted by molar-refractivity contribution is 8.02. The highest BCUT2D eigenvalue weighted by atomic mass is 32.2. The Balaban J connectivity index is 1.97. The Morgan fingerprint density at radius 1 is 1.24 bits per heavy atom. The molecule has 3 fully saturated rings. The van der Waals surface area contributed by atoms with Crippen molar-refractivity contribution in [3.05, 3.63) is 0 Å². The smallest absolute Gasteiger partial charge is 0.310 e. The number of aliphatic hydroxyl groups is 1. The molecule has 1 spiro atoms. The number of hydrogen-bond donors (Lipinski definition) is 2. The number of ether oxygens (including phenoxy) is 1. The van der Waals surface area contributed by atoms with Crippen molar-refractivity contribution < 1.29 is 24.2 Å². The van der Waals surface area contributed by atoms with E-state index >= 15 is 0 Å². The summed E-state index contributed by atoms with van der Waals surface area (Å²) < 4.78 is 4.75. The van der Waals surface area contributed by atoms with Crippen LogP contribution < -0.4 is 5.32 Å². The number of unbranched alkanes of at least 4 members (excludes halogenated alkanes) is 1. The number of carbonyl (C=O) groups is 3. The Kier molecular flexibility index (Phi) is 7.50. The fraction of sp³-hybridized carbons (Fsp3) is 0.880. The molecular weight excluding hydrogens is 440 g/mol. The summed E-state index contributed by atoms with van der Waals surface area (Å²) in [4.78, 5) is 42.4. The maximum absolute atomic E-state index is 13.9. The Bertz CT molecular complexity index is 779. The lowest BCUT2D eigenvalue weighted by Gasteiger charge is -2.41. The number of rotatable bonds is 9. The number of carbonyl (C=O) groups excluding carboxylic acids is 3. The first-order valence-electron chi connectivity index (χ1n) is 12.4. The summed E-state index contributed by atoms with van der Waals surface area (Å²) >= 11 is 1.67. The van der Waals surface area contributed by atoms with Crippen LogP contribution >= 0.6 is 11.8 Å². The number of esters is 1. The number of hydrogen-bond acceptors (Lipinski definition) is 6. The Labute approximate surface area is 202 Å². The molecule has 3 saturated heterocycles. The first-order valence-corrected chi connectivity index (χ1v) is 13.2. The number of nitrogens with one attached hydrogen (secondary N) is 1. The van der Waals surface area contributed by atoms with E-state index in [-0.39, 0.29) is 47.6 Å². The van der Waals surface area contributed by atoms with E-state index < -0.39 is 28.2 Å². The van der Waals surface area contributed by atoms with Gasteiger partial charge in [0.15, 0.2) is 0 Å². The molecule has 0 radical (unpaired) electrons. The molecule has 0 aromatic heterocycles. The lowest BCUT2D eigenvalue weighted by Crippen LogP contribution is -2.60. The minimum atomic E-state index is -0.627. The Hall–Kier alpha value is -1.28. The van der Waals surface area contributed by atoms with Crippen LogP contribution in [0, 0.1) is 23.2 Å². The Morgan fingerprint density at radius 2 is 1.91 bits per heavy atom. The monoisotopic (exact) mass is 482 g/mol. The number of thioether (sulfide) groups is 1. The van der Waals surface area contributed by atoms with Crippen molar-refractivity contribution in [2.24, 2.45) is 23.2 Å². The molecule has 0 aromatic rings. The second-order valence-electron chi connectivity index (χ2n) is 11.9. The molecule has 2 N–H and O–H groups in total. The van der Waals surface area contributed by atoms with Gasteiger partial charge < -0.3 is 20.1 Å². The molecule has 7 nitrogen and oxygen atoms in total. The average molecular weight is 483 g/mol. The van der Waals surface area contributed by atoms with Crippen LogP contribution in [0.2, 0.25) is 0 Å². The number of fused-ring (bicyclic) bond motifs is 1. The van der Waals surface area contributed by atoms with Crippen LogP contribution in [0.25, 0.3) is 0 Å². The largest absolute Gasteiger partial charge is 0.466 e. The molecule has 0 aliphatic carbocycles. The van der Waals surface area contributed by atoms with Gasteiger partial charge >= 0.3 is 5.97 Å². The molecule has 3 aliphatic rings. The van der Waals surface area contributed by atoms with Gasteiger partial charge in [-0.25, -0.2) is 0 Å². The van der Waals surface area contributed by atoms with Gasteiger partial charge in [0, 0.05) is 23.9 Å². The molecule has 6 atom stereocenters. The Morgan fingerprint density at radius 3 is 2.48 bits per heavy atom. The predicted octanol–water partition coefficient (Wildman–Crippen LogP) is 2.99. The van der Waals surface area contributed by atoms with Crippen LogP contribution in [0.4, 0.5) is 0 Å². The predicted molar refractivity (Wildman–Crippen MR) is 130 cm³/mol. The SMILES string of the molecule is CCOC(=O)[C@@H]1[C@@H]2CC(C)C3(S2)C(C(=O)NC(C)(C)CC(C)(C)C)N(CCCCO)C(=O)[C@H]13. The summed E-state index contributed by atoms with van der Waals surface area (Å²) in [7, 11) is 0. The molecular formula is C25H42N2O5S. The lowest BCUT2D eigenvalue weighted by molar-refractivity contribution is -0.154. The molecule has 2 amide bonds. The second-order valence-corrected chi connectivity index (χ2v) is 13.4. The van der Waals surface area contributed by atoms with Gasteiger partial charge in [-0.15, -0.1) is 11.8 Å². The lowest BCUT2D eigenvalue weighted by atomic mass is 9.66. The van der Waals surface area contributed by atoms with Crippen molar-refractivity contribution in [1.82, 2.24) is 10.2 Å². The minimum absolute atomic E-state index is 0.00507. The van der Waals surface area contributed by atoms with Gasteiger partial charge in [0.05, 0.1) is 23.2 Å². The summed E-state index contributed by atoms with van der Waals surface area (Å²) in [5.41, 5.74) is -0.401. The third kappa shape index (κ3) is 4.79. The van der Waals surface area contributed by atoms with Gasteiger partial charge in [-0.1, -0.05) is 27.7 Å². The second kappa shape index (κ2) is 9.40. The van der Waals surface area contributed by atoms with Crippen molar-refractivity contribution in [3.63, 3.8) is 0 Å². The number of likely N-dealkylation sites (tertiary alicyclic amines) is 1. The van der Waals surface area contributed by atoms with Crippen LogP contribution in [0.5, 0.6) is 0 Å². The first-order chi connectivity index (χ1) is 15.3. The quantitative estimate of drug-likeness (QED) is 0.387. The maximum Gasteiger partial charge on any atom is 0.310 e. The third-order valence-electron chi connectivity index (χ3n) is 7.29. The highest BCUT2D eigenvalue weighted by Crippen LogP contribution is 2.68. The van der Waals surface area contributed by atoms with Crippen LogP contribution in [-0.4, -0.2) is 69.1 Å². The third-order valence-corrected chi connectivity index (χ3v) is 9.37. The normalized spacial score (nSPS) is 33.4. The number of nitrogens with zero attached hydrogens (tertiary/aromatic N) is 1. The van der Waals surface area contributed by atoms with Crippen LogP contribution in [0.3, 0.4) is 0 Å². The van der Waals surface area contributed by atoms with Gasteiger partial charge in [0.2, 0.25) is 11.8 Å². The number of aliphatic hydroxyl groups excluding tert-OH is 1. The summed E-state index contributed by atoms with van der Waals surface area (Å²) in [5, 5.41) is 12.5. The van der Waals surface area contributed by atoms with E-state index in [4.69, 9.17) is 4.74 Å². The van der Waals surface area contributed by atoms with Crippen molar-refractivity contribution in [2.75, 3.05) is 19.8 Å². The van der Waals surface area contributed by atoms with Crippen molar-refractivity contribution in [2.45, 2.75) is 95.7 Å². The van der Waals surface area contributed by atoms with Crippen LogP contribution in [-0.2, 0) is 19.1 Å². The molecule has 3 heterocycles. The molecule has 0 aromatic carbocycles. The van der Waals surface area contributed by atoms with Crippen molar-refractivity contribution >= 4 is 29.5 Å². The zero-order valence-electron chi connectivity index (χ0n) is 21.3. The fourth-order valence-electron chi connectivity index (χ4n) is 6.73. The summed E-state index contributed by atoms with van der Waals surface area (Å²) in [6.07, 6.45) is 2.78. The highest BCUT2D eigenvalue weighted by Gasteiger charge is 2.76. The maximum atomic E-state index is 13.9. The van der Waals surface area contributed by atoms with E-state index in [1.54, 1.807) is 23.6 Å². The van der Waals surface area contributed by atoms with Gasteiger partial charge in [0.1, 0.15) is 6.04 Å². The van der Waals surface area contributed by atoms with E-state index in [1.165, 1.54) is 0 Å². The van der Waals surface area contributed by atoms with Gasteiger partial charge in [-0.2, -0.15) is 0 Å². The minimum Gasteiger partial charge on any atom is -0.466 e. The average Bonchev–Trinajstić information content (AvgIpc) is 3.24. The molecule has 188 valence electrons. The summed E-state index contributed by atoms with van der Waals surface area (Å²) in [6, 6.07) is -0.627. The zero-order chi connectivity index (χ0) is 24.8. The van der Waals surface area contributed by atoms with E-state index in [2.05, 4.69) is 33.0 Å². The standard InChI is InChI=1S/C25H42N2O5S/c1-8-32-22(31)17-16-13-15(2)25(33-16)18(17)21(30)27(11-9-10-12-28)19(25)20(29)26-24(6,7)14-23(3,4)5/h15-19,28H,8-14H2,1-7H3,(H,26,29)/t15?,16-,17+,18-,19?,25?/m0/s1. The van der Waals surface area contributed by atoms with Gasteiger partial charge in [-0.3, -0.25) is 14.4 Å². The molecule has 3 aliphatic heterocycles. The molecule has 0 saturated carbocycles. The van der Waals surface area contributed by atoms with E-state index in [0.29, 0.717) is 19.4 Å². The fourth-order valence-corrected chi connectivity index (χ4v) is 9.14. The summed E-state index contributed by atoms with van der Waals surface area (Å²) in [6.45, 7) is 15.1. The van der Waals surface area contributed by atoms with E-state index in [1.807, 2.05) is 13.8 Å². The van der Waals surface area contributed by atoms with E-state index in [9.17, 15) is 19.5 Å². The molecule has 3 unspecified atom stereocenters. The summed E-state index contributed by atoms with van der Waals surface area (Å²) in [5.74, 6) is -1.46. The first kappa shape index (κ1) is 26.3. The van der Waals surface area contributed by atoms with Crippen LogP contribution in [0.15, 0.2) is 0 Å². The van der Waals surface area contributed by atoms with Gasteiger partial charge in [-0.05, 0) is 57.8 Å². The molecule has 3 rings (SSSR count). The van der Waals surface area contributed by atoms with Crippen LogP contribution in [0.1, 0.15) is 74.1 Å².